The number of aryl methyl sites for hydroxylation is 1. The van der Waals surface area contributed by atoms with E-state index < -0.39 is 0 Å². The van der Waals surface area contributed by atoms with E-state index >= 15 is 0 Å². The quantitative estimate of drug-likeness (QED) is 0.461. The van der Waals surface area contributed by atoms with Gasteiger partial charge in [-0.2, -0.15) is 10.2 Å². The third-order valence-corrected chi connectivity index (χ3v) is 6.66. The molecule has 1 aromatic heterocycles. The van der Waals surface area contributed by atoms with Crippen molar-refractivity contribution < 1.29 is 4.79 Å². The molecule has 164 valence electrons. The molecule has 3 heterocycles. The minimum absolute atomic E-state index is 0.0811. The summed E-state index contributed by atoms with van der Waals surface area (Å²) >= 11 is 0. The molecule has 0 radical (unpaired) electrons. The second kappa shape index (κ2) is 7.97. The number of rotatable bonds is 4. The summed E-state index contributed by atoms with van der Waals surface area (Å²) in [6.07, 6.45) is 11.7. The van der Waals surface area contributed by atoms with Crippen LogP contribution < -0.4 is 20.9 Å². The van der Waals surface area contributed by atoms with Crippen LogP contribution in [0, 0.1) is 11.1 Å². The number of nitrogens with two attached hydrogens (primary N) is 1. The van der Waals surface area contributed by atoms with Crippen molar-refractivity contribution in [3.63, 3.8) is 0 Å². The van der Waals surface area contributed by atoms with Gasteiger partial charge in [0.15, 0.2) is 0 Å². The SMILES string of the molecule is Cn1cc(N2Cc3cc(N(N)C(=O)CC4CCCCC4)cc4c3C(C=N2)CN4[O-])cn1. The molecule has 0 bridgehead atoms. The Kier molecular flexibility index (Phi) is 5.15. The zero-order valence-electron chi connectivity index (χ0n) is 17.8. The van der Waals surface area contributed by atoms with Gasteiger partial charge in [-0.3, -0.25) is 14.5 Å². The molecule has 9 heteroatoms. The van der Waals surface area contributed by atoms with Crippen LogP contribution in [0.1, 0.15) is 55.6 Å². The van der Waals surface area contributed by atoms with Crippen LogP contribution in [0.3, 0.4) is 0 Å². The minimum atomic E-state index is -0.0972. The standard InChI is InChI=1S/C22H28N7O2/c1-26-14-19(11-24-26)27-12-16-8-18(9-20-22(16)17(10-25-27)13-28(20)31)29(23)21(30)7-15-5-3-2-4-6-15/h8-11,14-15,17H,2-7,12-13,23H2,1H3/q-1. The summed E-state index contributed by atoms with van der Waals surface area (Å²) in [6.45, 7) is 0.796. The Morgan fingerprint density at radius 1 is 1.29 bits per heavy atom. The van der Waals surface area contributed by atoms with Crippen molar-refractivity contribution in [3.8, 4) is 0 Å². The summed E-state index contributed by atoms with van der Waals surface area (Å²) in [5, 5.41) is 25.5. The molecule has 2 aliphatic heterocycles. The first kappa shape index (κ1) is 20.0. The van der Waals surface area contributed by atoms with Crippen molar-refractivity contribution >= 4 is 29.2 Å². The van der Waals surface area contributed by atoms with Crippen LogP contribution in [0.5, 0.6) is 0 Å². The Hall–Kier alpha value is -2.91. The molecule has 2 aromatic rings. The summed E-state index contributed by atoms with van der Waals surface area (Å²) in [4.78, 5) is 12.9. The maximum absolute atomic E-state index is 12.9. The molecule has 0 spiro atoms. The lowest BCUT2D eigenvalue weighted by Gasteiger charge is -2.29. The minimum Gasteiger partial charge on any atom is -0.758 e. The number of anilines is 3. The largest absolute Gasteiger partial charge is 0.758 e. The molecule has 2 N–H and O–H groups in total. The first-order valence-corrected chi connectivity index (χ1v) is 11.0. The molecule has 1 unspecified atom stereocenters. The van der Waals surface area contributed by atoms with Gasteiger partial charge < -0.3 is 10.3 Å². The average molecular weight is 423 g/mol. The van der Waals surface area contributed by atoms with Gasteiger partial charge in [-0.15, -0.1) is 0 Å². The first-order chi connectivity index (χ1) is 15.0. The fourth-order valence-electron chi connectivity index (χ4n) is 5.02. The number of hydroxylamine groups is 1. The highest BCUT2D eigenvalue weighted by molar-refractivity contribution is 5.94. The van der Waals surface area contributed by atoms with Crippen LogP contribution >= 0.6 is 0 Å². The number of hydrogen-bond acceptors (Lipinski definition) is 7. The Morgan fingerprint density at radius 3 is 2.84 bits per heavy atom. The third kappa shape index (κ3) is 3.79. The summed E-state index contributed by atoms with van der Waals surface area (Å²) in [5.41, 5.74) is 3.94. The molecule has 1 saturated carbocycles. The predicted octanol–water partition coefficient (Wildman–Crippen LogP) is 3.00. The molecular formula is C22H28N7O2-. The molecule has 1 amide bonds. The number of nitrogens with zero attached hydrogens (tertiary/aromatic N) is 6. The molecule has 1 atom stereocenters. The molecule has 1 aromatic carbocycles. The third-order valence-electron chi connectivity index (χ3n) is 6.66. The second-order valence-electron chi connectivity index (χ2n) is 8.87. The van der Waals surface area contributed by atoms with Crippen molar-refractivity contribution in [3.05, 3.63) is 40.9 Å². The van der Waals surface area contributed by atoms with Crippen molar-refractivity contribution in [2.24, 2.45) is 23.9 Å². The van der Waals surface area contributed by atoms with Gasteiger partial charge in [-0.05, 0) is 42.0 Å². The highest BCUT2D eigenvalue weighted by atomic mass is 16.5. The monoisotopic (exact) mass is 422 g/mol. The molecule has 31 heavy (non-hydrogen) atoms. The lowest BCUT2D eigenvalue weighted by molar-refractivity contribution is -0.119. The van der Waals surface area contributed by atoms with Crippen molar-refractivity contribution in [1.29, 1.82) is 0 Å². The van der Waals surface area contributed by atoms with E-state index in [-0.39, 0.29) is 11.8 Å². The number of benzene rings is 1. The normalized spacial score (nSPS) is 20.7. The van der Waals surface area contributed by atoms with Crippen LogP contribution in [-0.4, -0.2) is 28.4 Å². The number of hydrazone groups is 1. The summed E-state index contributed by atoms with van der Waals surface area (Å²) in [5.74, 6) is 6.49. The van der Waals surface area contributed by atoms with Gasteiger partial charge >= 0.3 is 0 Å². The van der Waals surface area contributed by atoms with Crippen LogP contribution in [-0.2, 0) is 18.4 Å². The van der Waals surface area contributed by atoms with Gasteiger partial charge in [0.1, 0.15) is 0 Å². The van der Waals surface area contributed by atoms with Crippen molar-refractivity contribution in [2.45, 2.75) is 51.0 Å². The first-order valence-electron chi connectivity index (χ1n) is 11.0. The highest BCUT2D eigenvalue weighted by Crippen LogP contribution is 2.42. The van der Waals surface area contributed by atoms with E-state index in [9.17, 15) is 10.0 Å². The Bertz CT molecular complexity index is 1010. The molecule has 1 aliphatic carbocycles. The number of carbonyl (C=O) groups is 1. The number of carbonyl (C=O) groups excluding carboxylic acids is 1. The number of hydrazine groups is 1. The van der Waals surface area contributed by atoms with Gasteiger partial charge in [0, 0.05) is 44.0 Å². The highest BCUT2D eigenvalue weighted by Gasteiger charge is 2.31. The lowest BCUT2D eigenvalue weighted by Crippen LogP contribution is -2.39. The maximum atomic E-state index is 12.9. The average Bonchev–Trinajstić information content (AvgIpc) is 3.28. The molecule has 0 saturated heterocycles. The zero-order valence-corrected chi connectivity index (χ0v) is 17.8. The van der Waals surface area contributed by atoms with Crippen molar-refractivity contribution in [1.82, 2.24) is 9.78 Å². The molecule has 3 aliphatic rings. The van der Waals surface area contributed by atoms with Crippen LogP contribution in [0.25, 0.3) is 0 Å². The molecule has 1 fully saturated rings. The van der Waals surface area contributed by atoms with Crippen LogP contribution in [0.4, 0.5) is 17.1 Å². The van der Waals surface area contributed by atoms with Crippen LogP contribution in [0.2, 0.25) is 0 Å². The predicted molar refractivity (Wildman–Crippen MR) is 121 cm³/mol. The smallest absolute Gasteiger partial charge is 0.241 e. The van der Waals surface area contributed by atoms with E-state index in [1.54, 1.807) is 16.9 Å². The Morgan fingerprint density at radius 2 is 2.10 bits per heavy atom. The Balaban J connectivity index is 1.44. The summed E-state index contributed by atoms with van der Waals surface area (Å²) in [7, 11) is 1.86. The number of amides is 1. The van der Waals surface area contributed by atoms with E-state index in [1.807, 2.05) is 30.5 Å². The topological polar surface area (TPSA) is 106 Å². The lowest BCUT2D eigenvalue weighted by atomic mass is 9.87. The van der Waals surface area contributed by atoms with E-state index in [0.29, 0.717) is 36.8 Å². The van der Waals surface area contributed by atoms with Crippen LogP contribution in [0.15, 0.2) is 29.6 Å². The van der Waals surface area contributed by atoms with E-state index in [4.69, 9.17) is 5.84 Å². The van der Waals surface area contributed by atoms with Gasteiger partial charge in [-0.1, -0.05) is 19.3 Å². The number of hydrogen-bond donors (Lipinski definition) is 1. The summed E-state index contributed by atoms with van der Waals surface area (Å²) < 4.78 is 1.73. The number of aromatic nitrogens is 2. The fourth-order valence-corrected chi connectivity index (χ4v) is 5.02. The van der Waals surface area contributed by atoms with E-state index in [2.05, 4.69) is 10.2 Å². The van der Waals surface area contributed by atoms with E-state index in [0.717, 1.165) is 34.7 Å². The zero-order chi connectivity index (χ0) is 21.5. The van der Waals surface area contributed by atoms with Crippen molar-refractivity contribution in [2.75, 3.05) is 21.6 Å². The summed E-state index contributed by atoms with van der Waals surface area (Å²) in [6, 6.07) is 3.68. The Labute approximate surface area is 181 Å². The van der Waals surface area contributed by atoms with Gasteiger partial charge in [-0.25, -0.2) is 10.9 Å². The van der Waals surface area contributed by atoms with Gasteiger partial charge in [0.25, 0.3) is 0 Å². The van der Waals surface area contributed by atoms with Gasteiger partial charge in [0.05, 0.1) is 24.1 Å². The van der Waals surface area contributed by atoms with Gasteiger partial charge in [0.2, 0.25) is 5.91 Å². The fraction of sp³-hybridized carbons (Fsp3) is 0.500. The van der Waals surface area contributed by atoms with E-state index in [1.165, 1.54) is 24.3 Å². The molecule has 5 rings (SSSR count). The maximum Gasteiger partial charge on any atom is 0.241 e. The molecule has 9 nitrogen and oxygen atoms in total. The second-order valence-corrected chi connectivity index (χ2v) is 8.87. The molecular weight excluding hydrogens is 394 g/mol.